The van der Waals surface area contributed by atoms with Gasteiger partial charge in [0.1, 0.15) is 12.1 Å². The molecule has 0 bridgehead atoms. The normalized spacial score (nSPS) is 10.5. The predicted molar refractivity (Wildman–Crippen MR) is 52.9 cm³/mol. The molecule has 15 heavy (non-hydrogen) atoms. The summed E-state index contributed by atoms with van der Waals surface area (Å²) in [6.45, 7) is 1.50. The van der Waals surface area contributed by atoms with E-state index in [1.807, 2.05) is 0 Å². The highest BCUT2D eigenvalue weighted by Crippen LogP contribution is 2.23. The first-order valence-electron chi connectivity index (χ1n) is 4.12. The molecule has 0 fully saturated rings. The zero-order chi connectivity index (χ0) is 11.4. The molecule has 0 atom stereocenters. The molecule has 0 aliphatic carbocycles. The van der Waals surface area contributed by atoms with Gasteiger partial charge in [0.25, 0.3) is 5.69 Å². The predicted octanol–water partition coefficient (Wildman–Crippen LogP) is 2.25. The summed E-state index contributed by atoms with van der Waals surface area (Å²) in [5.41, 5.74) is 0.369. The van der Waals surface area contributed by atoms with Crippen molar-refractivity contribution >= 4 is 18.0 Å². The van der Waals surface area contributed by atoms with Crippen molar-refractivity contribution in [1.29, 1.82) is 0 Å². The highest BCUT2D eigenvalue weighted by molar-refractivity contribution is 5.75. The smallest absolute Gasteiger partial charge is 0.275 e. The van der Waals surface area contributed by atoms with E-state index in [-0.39, 0.29) is 5.69 Å². The number of nitro groups is 1. The number of nitro benzene ring substituents is 1. The standard InChI is InChI=1S/C10H8FNO3/c1-7-8(3-2-4-13)5-9(11)6-10(7)12(14)15/h2-6H,1H3. The largest absolute Gasteiger partial charge is 0.299 e. The van der Waals surface area contributed by atoms with Crippen LogP contribution in [0.15, 0.2) is 18.2 Å². The Hall–Kier alpha value is -2.04. The van der Waals surface area contributed by atoms with E-state index in [4.69, 9.17) is 0 Å². The van der Waals surface area contributed by atoms with E-state index < -0.39 is 10.7 Å². The molecule has 0 radical (unpaired) electrons. The molecule has 1 aromatic carbocycles. The number of aldehydes is 1. The second-order valence-electron chi connectivity index (χ2n) is 2.89. The monoisotopic (exact) mass is 209 g/mol. The van der Waals surface area contributed by atoms with Gasteiger partial charge in [-0.25, -0.2) is 4.39 Å². The number of nitrogens with zero attached hydrogens (tertiary/aromatic N) is 1. The van der Waals surface area contributed by atoms with E-state index in [1.165, 1.54) is 13.0 Å². The van der Waals surface area contributed by atoms with Crippen molar-refractivity contribution in [2.45, 2.75) is 6.92 Å². The Labute approximate surface area is 85.2 Å². The fourth-order valence-electron chi connectivity index (χ4n) is 1.19. The fraction of sp³-hybridized carbons (Fsp3) is 0.100. The maximum Gasteiger partial charge on any atom is 0.275 e. The first-order valence-corrected chi connectivity index (χ1v) is 4.12. The van der Waals surface area contributed by atoms with Crippen LogP contribution in [0.1, 0.15) is 11.1 Å². The minimum absolute atomic E-state index is 0.291. The molecule has 0 aliphatic heterocycles. The number of carbonyl (C=O) groups is 1. The first kappa shape index (κ1) is 11.0. The summed E-state index contributed by atoms with van der Waals surface area (Å²) in [6, 6.07) is 2.00. The molecule has 0 aromatic heterocycles. The molecule has 0 saturated carbocycles. The molecule has 0 aliphatic rings. The van der Waals surface area contributed by atoms with E-state index in [0.29, 0.717) is 17.4 Å². The van der Waals surface area contributed by atoms with Crippen molar-refractivity contribution in [2.75, 3.05) is 0 Å². The second-order valence-corrected chi connectivity index (χ2v) is 2.89. The van der Waals surface area contributed by atoms with Crippen molar-refractivity contribution in [1.82, 2.24) is 0 Å². The van der Waals surface area contributed by atoms with Gasteiger partial charge in [0.2, 0.25) is 0 Å². The zero-order valence-corrected chi connectivity index (χ0v) is 7.94. The van der Waals surface area contributed by atoms with Crippen LogP contribution < -0.4 is 0 Å². The third-order valence-corrected chi connectivity index (χ3v) is 1.94. The Morgan fingerprint density at radius 2 is 2.13 bits per heavy atom. The Bertz CT molecular complexity index is 441. The van der Waals surface area contributed by atoms with E-state index in [2.05, 4.69) is 0 Å². The van der Waals surface area contributed by atoms with Crippen LogP contribution >= 0.6 is 0 Å². The van der Waals surface area contributed by atoms with Crippen molar-refractivity contribution in [3.63, 3.8) is 0 Å². The minimum atomic E-state index is -0.696. The maximum atomic E-state index is 13.0. The summed E-state index contributed by atoms with van der Waals surface area (Å²) in [4.78, 5) is 20.0. The summed E-state index contributed by atoms with van der Waals surface area (Å²) in [5, 5.41) is 10.5. The molecule has 0 amide bonds. The molecule has 78 valence electrons. The fourth-order valence-corrected chi connectivity index (χ4v) is 1.19. The lowest BCUT2D eigenvalue weighted by Gasteiger charge is -2.01. The number of allylic oxidation sites excluding steroid dienone is 1. The number of halogens is 1. The number of hydrogen-bond acceptors (Lipinski definition) is 3. The lowest BCUT2D eigenvalue weighted by Crippen LogP contribution is -1.95. The molecule has 0 N–H and O–H groups in total. The molecular weight excluding hydrogens is 201 g/mol. The third-order valence-electron chi connectivity index (χ3n) is 1.94. The van der Waals surface area contributed by atoms with Gasteiger partial charge in [-0.2, -0.15) is 0 Å². The molecule has 1 rings (SSSR count). The molecule has 0 spiro atoms. The van der Waals surface area contributed by atoms with Gasteiger partial charge in [-0.15, -0.1) is 0 Å². The van der Waals surface area contributed by atoms with Crippen LogP contribution in [0.2, 0.25) is 0 Å². The van der Waals surface area contributed by atoms with Gasteiger partial charge >= 0.3 is 0 Å². The molecule has 0 saturated heterocycles. The topological polar surface area (TPSA) is 60.2 Å². The summed E-state index contributed by atoms with van der Waals surface area (Å²) in [7, 11) is 0. The van der Waals surface area contributed by atoms with Crippen LogP contribution in [0, 0.1) is 22.9 Å². The molecule has 5 heteroatoms. The van der Waals surface area contributed by atoms with E-state index in [9.17, 15) is 19.3 Å². The van der Waals surface area contributed by atoms with Crippen LogP contribution in [-0.2, 0) is 4.79 Å². The second kappa shape index (κ2) is 4.45. The van der Waals surface area contributed by atoms with Gasteiger partial charge in [-0.05, 0) is 24.6 Å². The number of hydrogen-bond donors (Lipinski definition) is 0. The third kappa shape index (κ3) is 2.46. The van der Waals surface area contributed by atoms with Crippen molar-refractivity contribution in [3.8, 4) is 0 Å². The van der Waals surface area contributed by atoms with Crippen LogP contribution in [0.5, 0.6) is 0 Å². The number of rotatable bonds is 3. The summed E-state index contributed by atoms with van der Waals surface area (Å²) in [5.74, 6) is -0.696. The molecular formula is C10H8FNO3. The lowest BCUT2D eigenvalue weighted by molar-refractivity contribution is -0.385. The van der Waals surface area contributed by atoms with Crippen molar-refractivity contribution in [2.24, 2.45) is 0 Å². The van der Waals surface area contributed by atoms with Gasteiger partial charge in [0.15, 0.2) is 0 Å². The van der Waals surface area contributed by atoms with Crippen LogP contribution in [0.4, 0.5) is 10.1 Å². The van der Waals surface area contributed by atoms with Crippen molar-refractivity contribution < 1.29 is 14.1 Å². The van der Waals surface area contributed by atoms with Crippen molar-refractivity contribution in [3.05, 3.63) is 45.3 Å². The molecule has 4 nitrogen and oxygen atoms in total. The lowest BCUT2D eigenvalue weighted by atomic mass is 10.1. The molecule has 0 unspecified atom stereocenters. The van der Waals surface area contributed by atoms with Gasteiger partial charge in [-0.3, -0.25) is 14.9 Å². The average Bonchev–Trinajstić information content (AvgIpc) is 2.18. The summed E-state index contributed by atoms with van der Waals surface area (Å²) < 4.78 is 13.0. The number of benzene rings is 1. The maximum absolute atomic E-state index is 13.0. The highest BCUT2D eigenvalue weighted by atomic mass is 19.1. The quantitative estimate of drug-likeness (QED) is 0.332. The van der Waals surface area contributed by atoms with Crippen LogP contribution in [0.25, 0.3) is 6.08 Å². The SMILES string of the molecule is Cc1c(C=CC=O)cc(F)cc1[N+](=O)[O-]. The van der Waals surface area contributed by atoms with E-state index in [1.54, 1.807) is 0 Å². The molecule has 0 heterocycles. The van der Waals surface area contributed by atoms with Crippen LogP contribution in [0.3, 0.4) is 0 Å². The highest BCUT2D eigenvalue weighted by Gasteiger charge is 2.14. The Morgan fingerprint density at radius 1 is 1.47 bits per heavy atom. The zero-order valence-electron chi connectivity index (χ0n) is 7.94. The minimum Gasteiger partial charge on any atom is -0.299 e. The first-order chi connectivity index (χ1) is 7.06. The van der Waals surface area contributed by atoms with Gasteiger partial charge in [-0.1, -0.05) is 6.08 Å². The Morgan fingerprint density at radius 3 is 2.67 bits per heavy atom. The van der Waals surface area contributed by atoms with E-state index in [0.717, 1.165) is 18.2 Å². The Balaban J connectivity index is 3.34. The summed E-state index contributed by atoms with van der Waals surface area (Å²) >= 11 is 0. The van der Waals surface area contributed by atoms with Gasteiger partial charge in [0, 0.05) is 5.56 Å². The summed E-state index contributed by atoms with van der Waals surface area (Å²) in [6.07, 6.45) is 3.01. The van der Waals surface area contributed by atoms with Gasteiger partial charge < -0.3 is 0 Å². The van der Waals surface area contributed by atoms with Gasteiger partial charge in [0.05, 0.1) is 11.0 Å². The van der Waals surface area contributed by atoms with E-state index >= 15 is 0 Å². The molecule has 1 aromatic rings. The average molecular weight is 209 g/mol. The number of carbonyl (C=O) groups excluding carboxylic acids is 1. The Kier molecular flexibility index (Phi) is 3.28. The van der Waals surface area contributed by atoms with Crippen LogP contribution in [-0.4, -0.2) is 11.2 Å².